The third-order valence-corrected chi connectivity index (χ3v) is 9.36. The van der Waals surface area contributed by atoms with E-state index in [1.807, 2.05) is 37.3 Å². The molecule has 0 aromatic heterocycles. The molecule has 1 atom stereocenters. The number of anilines is 1. The molecule has 0 heterocycles. The smallest absolute Gasteiger partial charge is 0.480 e. The first-order chi connectivity index (χ1) is 24.3. The highest BCUT2D eigenvalue weighted by Gasteiger charge is 2.33. The number of aliphatic carboxylic acids is 1. The van der Waals surface area contributed by atoms with Crippen LogP contribution in [0.3, 0.4) is 0 Å². The molecule has 0 fully saturated rings. The minimum Gasteiger partial charge on any atom is -0.480 e. The SMILES string of the molecule is CCN(C(=O)Nc1ccc(OC(F)(F)F)cc1)[C@@H]1Cc2ccc(SC(C)(C)C(=O)O)cc2C1.c1ccc(CNCCNCc2ccccc2)cc1. The Kier molecular flexibility index (Phi) is 14.4. The number of nitrogens with zero attached hydrogens (tertiary/aromatic N) is 1. The van der Waals surface area contributed by atoms with Gasteiger partial charge in [0.1, 0.15) is 10.5 Å². The lowest BCUT2D eigenvalue weighted by atomic mass is 10.1. The molecule has 0 unspecified atom stereocenters. The maximum atomic E-state index is 12.9. The molecule has 2 amide bonds. The van der Waals surface area contributed by atoms with Crippen molar-refractivity contribution >= 4 is 29.4 Å². The number of rotatable bonds is 14. The van der Waals surface area contributed by atoms with Crippen LogP contribution in [0, 0.1) is 0 Å². The Hall–Kier alpha value is -4.52. The largest absolute Gasteiger partial charge is 0.573 e. The topological polar surface area (TPSA) is 103 Å². The maximum Gasteiger partial charge on any atom is 0.573 e. The number of alkyl halides is 3. The van der Waals surface area contributed by atoms with Crippen LogP contribution in [-0.2, 0) is 30.7 Å². The van der Waals surface area contributed by atoms with Crippen LogP contribution >= 0.6 is 11.8 Å². The van der Waals surface area contributed by atoms with Gasteiger partial charge in [0, 0.05) is 49.3 Å². The summed E-state index contributed by atoms with van der Waals surface area (Å²) >= 11 is 1.27. The second-order valence-electron chi connectivity index (χ2n) is 12.5. The number of urea groups is 1. The summed E-state index contributed by atoms with van der Waals surface area (Å²) in [7, 11) is 0. The molecule has 51 heavy (non-hydrogen) atoms. The normalized spacial score (nSPS) is 13.8. The molecule has 8 nitrogen and oxygen atoms in total. The van der Waals surface area contributed by atoms with Gasteiger partial charge in [-0.2, -0.15) is 0 Å². The summed E-state index contributed by atoms with van der Waals surface area (Å²) in [5, 5.41) is 18.9. The van der Waals surface area contributed by atoms with Crippen molar-refractivity contribution in [2.45, 2.75) is 68.7 Å². The number of thioether (sulfide) groups is 1. The van der Waals surface area contributed by atoms with Gasteiger partial charge in [0.05, 0.1) is 0 Å². The highest BCUT2D eigenvalue weighted by atomic mass is 32.2. The Morgan fingerprint density at radius 1 is 0.824 bits per heavy atom. The number of hydrogen-bond acceptors (Lipinski definition) is 6. The first-order valence-electron chi connectivity index (χ1n) is 16.8. The van der Waals surface area contributed by atoms with Crippen LogP contribution in [0.15, 0.2) is 108 Å². The van der Waals surface area contributed by atoms with E-state index in [-0.39, 0.29) is 17.8 Å². The van der Waals surface area contributed by atoms with Gasteiger partial charge in [0.2, 0.25) is 0 Å². The number of hydrogen-bond donors (Lipinski definition) is 4. The minimum atomic E-state index is -4.77. The van der Waals surface area contributed by atoms with Crippen molar-refractivity contribution in [3.05, 3.63) is 125 Å². The number of carboxylic acids is 1. The van der Waals surface area contributed by atoms with Crippen molar-refractivity contribution in [1.29, 1.82) is 0 Å². The van der Waals surface area contributed by atoms with E-state index in [2.05, 4.69) is 69.2 Å². The van der Waals surface area contributed by atoms with Gasteiger partial charge in [-0.15, -0.1) is 24.9 Å². The summed E-state index contributed by atoms with van der Waals surface area (Å²) in [5.74, 6) is -1.25. The molecule has 12 heteroatoms. The lowest BCUT2D eigenvalue weighted by Gasteiger charge is -2.28. The molecular formula is C39H45F3N4O4S. The van der Waals surface area contributed by atoms with E-state index in [1.54, 1.807) is 18.7 Å². The Morgan fingerprint density at radius 2 is 1.37 bits per heavy atom. The summed E-state index contributed by atoms with van der Waals surface area (Å²) in [5.41, 5.74) is 5.21. The Balaban J connectivity index is 0.000000272. The Morgan fingerprint density at radius 3 is 1.88 bits per heavy atom. The standard InChI is InChI=1S/C23H25F3N2O4S.C16H20N2/c1-4-28(21(31)27-16-6-8-18(9-7-16)32-23(24,25)26)17-11-14-5-10-19(13-15(14)12-17)33-22(2,3)20(29)30;1-3-7-15(8-4-1)13-17-11-12-18-14-16-9-5-2-6-10-16/h5-10,13,17H,4,11-12H2,1-3H3,(H,27,31)(H,29,30);1-10,17-18H,11-14H2/t17-;/m1./s1. The molecule has 4 N–H and O–H groups in total. The molecule has 5 rings (SSSR count). The summed E-state index contributed by atoms with van der Waals surface area (Å²) in [6.45, 7) is 9.47. The van der Waals surface area contributed by atoms with Gasteiger partial charge in [-0.05, 0) is 92.3 Å². The molecule has 4 aromatic rings. The van der Waals surface area contributed by atoms with Gasteiger partial charge in [-0.3, -0.25) is 4.79 Å². The number of halogens is 3. The number of carboxylic acid groups (broad SMARTS) is 1. The zero-order chi connectivity index (χ0) is 36.9. The van der Waals surface area contributed by atoms with Crippen molar-refractivity contribution in [2.24, 2.45) is 0 Å². The van der Waals surface area contributed by atoms with E-state index in [0.29, 0.717) is 25.1 Å². The molecule has 0 saturated carbocycles. The molecule has 0 saturated heterocycles. The van der Waals surface area contributed by atoms with Crippen LogP contribution in [0.25, 0.3) is 0 Å². The van der Waals surface area contributed by atoms with E-state index < -0.39 is 17.1 Å². The fourth-order valence-corrected chi connectivity index (χ4v) is 6.54. The Bertz CT molecular complexity index is 1650. The average molecular weight is 723 g/mol. The van der Waals surface area contributed by atoms with Crippen LogP contribution in [0.1, 0.15) is 43.0 Å². The highest BCUT2D eigenvalue weighted by Crippen LogP contribution is 2.36. The number of fused-ring (bicyclic) bond motifs is 1. The number of ether oxygens (including phenoxy) is 1. The van der Waals surface area contributed by atoms with Crippen LogP contribution in [0.4, 0.5) is 23.7 Å². The molecule has 0 radical (unpaired) electrons. The van der Waals surface area contributed by atoms with Gasteiger partial charge in [-0.25, -0.2) is 4.79 Å². The average Bonchev–Trinajstić information content (AvgIpc) is 3.51. The number of carbonyl (C=O) groups is 2. The number of likely N-dealkylation sites (N-methyl/N-ethyl adjacent to an activating group) is 1. The molecular weight excluding hydrogens is 678 g/mol. The molecule has 1 aliphatic carbocycles. The molecule has 1 aliphatic rings. The zero-order valence-corrected chi connectivity index (χ0v) is 29.8. The third kappa shape index (κ3) is 13.0. The van der Waals surface area contributed by atoms with Gasteiger partial charge < -0.3 is 30.7 Å². The molecule has 4 aromatic carbocycles. The summed E-state index contributed by atoms with van der Waals surface area (Å²) in [6.07, 6.45) is -3.47. The van der Waals surface area contributed by atoms with E-state index in [1.165, 1.54) is 35.0 Å². The van der Waals surface area contributed by atoms with Crippen LogP contribution < -0.4 is 20.7 Å². The summed E-state index contributed by atoms with van der Waals surface area (Å²) in [6, 6.07) is 31.4. The minimum absolute atomic E-state index is 0.0782. The monoisotopic (exact) mass is 722 g/mol. The number of carbonyl (C=O) groups excluding carboxylic acids is 1. The van der Waals surface area contributed by atoms with E-state index >= 15 is 0 Å². The van der Waals surface area contributed by atoms with Crippen molar-refractivity contribution < 1.29 is 32.6 Å². The first-order valence-corrected chi connectivity index (χ1v) is 17.6. The van der Waals surface area contributed by atoms with Crippen molar-refractivity contribution in [1.82, 2.24) is 15.5 Å². The predicted molar refractivity (Wildman–Crippen MR) is 196 cm³/mol. The first kappa shape index (κ1) is 39.3. The second-order valence-corrected chi connectivity index (χ2v) is 14.2. The quantitative estimate of drug-likeness (QED) is 0.0770. The second kappa shape index (κ2) is 18.6. The van der Waals surface area contributed by atoms with Crippen LogP contribution in [-0.4, -0.2) is 58.8 Å². The molecule has 0 spiro atoms. The van der Waals surface area contributed by atoms with Crippen molar-refractivity contribution in [2.75, 3.05) is 25.0 Å². The highest BCUT2D eigenvalue weighted by molar-refractivity contribution is 8.01. The van der Waals surface area contributed by atoms with Crippen LogP contribution in [0.2, 0.25) is 0 Å². The zero-order valence-electron chi connectivity index (χ0n) is 29.0. The Labute approximate surface area is 301 Å². The fourth-order valence-electron chi connectivity index (χ4n) is 5.53. The van der Waals surface area contributed by atoms with E-state index in [0.717, 1.165) is 54.3 Å². The summed E-state index contributed by atoms with van der Waals surface area (Å²) in [4.78, 5) is 26.8. The van der Waals surface area contributed by atoms with Crippen LogP contribution in [0.5, 0.6) is 5.75 Å². The number of benzene rings is 4. The predicted octanol–water partition coefficient (Wildman–Crippen LogP) is 8.13. The molecule has 0 bridgehead atoms. The number of nitrogens with one attached hydrogen (secondary N) is 3. The lowest BCUT2D eigenvalue weighted by Crippen LogP contribution is -2.43. The van der Waals surface area contributed by atoms with E-state index in [4.69, 9.17) is 0 Å². The lowest BCUT2D eigenvalue weighted by molar-refractivity contribution is -0.274. The molecule has 272 valence electrons. The molecule has 0 aliphatic heterocycles. The van der Waals surface area contributed by atoms with Gasteiger partial charge in [0.15, 0.2) is 0 Å². The maximum absolute atomic E-state index is 12.9. The third-order valence-electron chi connectivity index (χ3n) is 8.18. The summed E-state index contributed by atoms with van der Waals surface area (Å²) < 4.78 is 39.8. The van der Waals surface area contributed by atoms with Crippen molar-refractivity contribution in [3.63, 3.8) is 0 Å². The van der Waals surface area contributed by atoms with E-state index in [9.17, 15) is 27.9 Å². The number of amides is 2. The van der Waals surface area contributed by atoms with Gasteiger partial charge >= 0.3 is 18.4 Å². The van der Waals surface area contributed by atoms with Gasteiger partial charge in [-0.1, -0.05) is 66.7 Å². The fraction of sp³-hybridized carbons (Fsp3) is 0.333. The van der Waals surface area contributed by atoms with Crippen molar-refractivity contribution in [3.8, 4) is 5.75 Å². The van der Waals surface area contributed by atoms with Gasteiger partial charge in [0.25, 0.3) is 0 Å².